The van der Waals surface area contributed by atoms with Gasteiger partial charge in [-0.2, -0.15) is 13.2 Å². The highest BCUT2D eigenvalue weighted by atomic mass is 79.9. The van der Waals surface area contributed by atoms with E-state index in [0.717, 1.165) is 17.7 Å². The second-order valence-corrected chi connectivity index (χ2v) is 5.18. The zero-order valence-corrected chi connectivity index (χ0v) is 12.4. The molecule has 0 bridgehead atoms. The fraction of sp³-hybridized carbons (Fsp3) is 0.200. The second-order valence-electron chi connectivity index (χ2n) is 4.33. The van der Waals surface area contributed by atoms with Gasteiger partial charge in [-0.1, -0.05) is 18.2 Å². The highest BCUT2D eigenvalue weighted by Gasteiger charge is 2.31. The fourth-order valence-corrected chi connectivity index (χ4v) is 2.27. The van der Waals surface area contributed by atoms with Crippen LogP contribution in [0.1, 0.15) is 11.1 Å². The number of alkyl halides is 3. The van der Waals surface area contributed by atoms with Crippen molar-refractivity contribution in [3.05, 3.63) is 58.1 Å². The molecule has 0 heterocycles. The number of aliphatic hydroxyl groups is 1. The molecule has 0 aliphatic heterocycles. The number of hydrogen-bond donors (Lipinski definition) is 1. The average molecular weight is 361 g/mol. The van der Waals surface area contributed by atoms with Crippen LogP contribution >= 0.6 is 15.9 Å². The maximum atomic E-state index is 12.6. The molecule has 112 valence electrons. The zero-order valence-electron chi connectivity index (χ0n) is 10.8. The summed E-state index contributed by atoms with van der Waals surface area (Å²) in [4.78, 5) is 0. The van der Waals surface area contributed by atoms with Gasteiger partial charge in [-0.3, -0.25) is 0 Å². The minimum Gasteiger partial charge on any atom is -0.456 e. The van der Waals surface area contributed by atoms with Crippen molar-refractivity contribution >= 4 is 15.9 Å². The lowest BCUT2D eigenvalue weighted by molar-refractivity contribution is -0.137. The van der Waals surface area contributed by atoms with Gasteiger partial charge in [0, 0.05) is 6.61 Å². The molecule has 0 radical (unpaired) electrons. The van der Waals surface area contributed by atoms with E-state index >= 15 is 0 Å². The van der Waals surface area contributed by atoms with E-state index in [-0.39, 0.29) is 16.8 Å². The molecule has 2 rings (SSSR count). The largest absolute Gasteiger partial charge is 0.456 e. The van der Waals surface area contributed by atoms with Crippen LogP contribution in [0.15, 0.2) is 46.9 Å². The van der Waals surface area contributed by atoms with Gasteiger partial charge in [0.1, 0.15) is 11.5 Å². The van der Waals surface area contributed by atoms with Crippen LogP contribution < -0.4 is 4.74 Å². The van der Waals surface area contributed by atoms with Crippen LogP contribution in [0.4, 0.5) is 13.2 Å². The van der Waals surface area contributed by atoms with E-state index in [1.54, 1.807) is 24.3 Å². The highest BCUT2D eigenvalue weighted by molar-refractivity contribution is 9.10. The number of rotatable bonds is 4. The summed E-state index contributed by atoms with van der Waals surface area (Å²) >= 11 is 3.09. The van der Waals surface area contributed by atoms with Gasteiger partial charge in [0.2, 0.25) is 0 Å². The van der Waals surface area contributed by atoms with Crippen molar-refractivity contribution in [3.63, 3.8) is 0 Å². The monoisotopic (exact) mass is 360 g/mol. The molecule has 21 heavy (non-hydrogen) atoms. The quantitative estimate of drug-likeness (QED) is 0.848. The average Bonchev–Trinajstić information content (AvgIpc) is 2.42. The molecule has 2 nitrogen and oxygen atoms in total. The molecule has 0 aliphatic carbocycles. The Hall–Kier alpha value is -1.53. The molecule has 0 aromatic heterocycles. The molecule has 0 aliphatic rings. The van der Waals surface area contributed by atoms with E-state index < -0.39 is 11.7 Å². The molecule has 0 fully saturated rings. The lowest BCUT2D eigenvalue weighted by Crippen LogP contribution is -2.04. The zero-order chi connectivity index (χ0) is 15.5. The first-order valence-corrected chi connectivity index (χ1v) is 6.94. The standard InChI is InChI=1S/C15H12BrF3O2/c16-12-9-11(15(17,18)19)5-6-14(12)21-13-4-2-1-3-10(13)7-8-20/h1-6,9,20H,7-8H2. The summed E-state index contributed by atoms with van der Waals surface area (Å²) < 4.78 is 43.7. The summed E-state index contributed by atoms with van der Waals surface area (Å²) in [6.07, 6.45) is -3.98. The smallest absolute Gasteiger partial charge is 0.416 e. The lowest BCUT2D eigenvalue weighted by Gasteiger charge is -2.13. The molecule has 0 saturated carbocycles. The number of benzene rings is 2. The minimum absolute atomic E-state index is 0.0332. The van der Waals surface area contributed by atoms with E-state index in [1.807, 2.05) is 0 Å². The molecular formula is C15H12BrF3O2. The Morgan fingerprint density at radius 2 is 1.76 bits per heavy atom. The minimum atomic E-state index is -4.39. The van der Waals surface area contributed by atoms with Crippen LogP contribution in [0.3, 0.4) is 0 Å². The van der Waals surface area contributed by atoms with Crippen molar-refractivity contribution in [3.8, 4) is 11.5 Å². The first kappa shape index (κ1) is 15.9. The van der Waals surface area contributed by atoms with Gasteiger partial charge in [-0.25, -0.2) is 0 Å². The van der Waals surface area contributed by atoms with Gasteiger partial charge in [0.25, 0.3) is 0 Å². The molecular weight excluding hydrogens is 349 g/mol. The van der Waals surface area contributed by atoms with Crippen LogP contribution in [0, 0.1) is 0 Å². The first-order chi connectivity index (χ1) is 9.91. The van der Waals surface area contributed by atoms with E-state index in [9.17, 15) is 13.2 Å². The van der Waals surface area contributed by atoms with Crippen molar-refractivity contribution in [2.24, 2.45) is 0 Å². The molecule has 2 aromatic carbocycles. The third-order valence-electron chi connectivity index (χ3n) is 2.83. The lowest BCUT2D eigenvalue weighted by atomic mass is 10.1. The SMILES string of the molecule is OCCc1ccccc1Oc1ccc(C(F)(F)F)cc1Br. The van der Waals surface area contributed by atoms with Gasteiger partial charge in [-0.15, -0.1) is 0 Å². The van der Waals surface area contributed by atoms with Crippen molar-refractivity contribution in [1.82, 2.24) is 0 Å². The van der Waals surface area contributed by atoms with E-state index in [0.29, 0.717) is 12.2 Å². The van der Waals surface area contributed by atoms with E-state index in [4.69, 9.17) is 9.84 Å². The highest BCUT2D eigenvalue weighted by Crippen LogP contribution is 2.37. The third-order valence-corrected chi connectivity index (χ3v) is 3.45. The summed E-state index contributed by atoms with van der Waals surface area (Å²) in [5.41, 5.74) is 0.0390. The number of ether oxygens (including phenoxy) is 1. The van der Waals surface area contributed by atoms with E-state index in [1.165, 1.54) is 6.07 Å². The predicted molar refractivity (Wildman–Crippen MR) is 76.4 cm³/mol. The van der Waals surface area contributed by atoms with Crippen molar-refractivity contribution in [2.45, 2.75) is 12.6 Å². The molecule has 0 unspecified atom stereocenters. The molecule has 1 N–H and O–H groups in total. The second kappa shape index (κ2) is 6.49. The molecule has 6 heteroatoms. The van der Waals surface area contributed by atoms with Crippen molar-refractivity contribution in [1.29, 1.82) is 0 Å². The number of halogens is 4. The fourth-order valence-electron chi connectivity index (χ4n) is 1.81. The maximum Gasteiger partial charge on any atom is 0.416 e. The Balaban J connectivity index is 2.28. The van der Waals surface area contributed by atoms with Crippen LogP contribution in [0.5, 0.6) is 11.5 Å². The molecule has 2 aromatic rings. The summed E-state index contributed by atoms with van der Waals surface area (Å²) in [6.45, 7) is -0.0332. The molecule has 0 atom stereocenters. The van der Waals surface area contributed by atoms with Crippen molar-refractivity contribution < 1.29 is 23.0 Å². The predicted octanol–water partition coefficient (Wildman–Crippen LogP) is 4.80. The number of aliphatic hydroxyl groups excluding tert-OH is 1. The summed E-state index contributed by atoms with van der Waals surface area (Å²) in [5, 5.41) is 9.00. The Bertz CT molecular complexity index is 627. The van der Waals surface area contributed by atoms with Crippen LogP contribution in [-0.4, -0.2) is 11.7 Å². The van der Waals surface area contributed by atoms with Gasteiger partial charge in [-0.05, 0) is 52.2 Å². The normalized spacial score (nSPS) is 11.5. The molecule has 0 spiro atoms. The first-order valence-electron chi connectivity index (χ1n) is 6.15. The van der Waals surface area contributed by atoms with Gasteiger partial charge < -0.3 is 9.84 Å². The summed E-state index contributed by atoms with van der Waals surface area (Å²) in [6, 6.07) is 10.3. The Kier molecular flexibility index (Phi) is 4.90. The van der Waals surface area contributed by atoms with E-state index in [2.05, 4.69) is 15.9 Å². The topological polar surface area (TPSA) is 29.5 Å². The molecule has 0 saturated heterocycles. The maximum absolute atomic E-state index is 12.6. The van der Waals surface area contributed by atoms with Gasteiger partial charge in [0.05, 0.1) is 10.0 Å². The molecule has 0 amide bonds. The van der Waals surface area contributed by atoms with Gasteiger partial charge >= 0.3 is 6.18 Å². The van der Waals surface area contributed by atoms with Crippen molar-refractivity contribution in [2.75, 3.05) is 6.61 Å². The Labute approximate surface area is 128 Å². The van der Waals surface area contributed by atoms with Crippen LogP contribution in [-0.2, 0) is 12.6 Å². The Morgan fingerprint density at radius 1 is 1.05 bits per heavy atom. The van der Waals surface area contributed by atoms with Crippen LogP contribution in [0.25, 0.3) is 0 Å². The van der Waals surface area contributed by atoms with Crippen LogP contribution in [0.2, 0.25) is 0 Å². The summed E-state index contributed by atoms with van der Waals surface area (Å²) in [5.74, 6) is 0.792. The third kappa shape index (κ3) is 3.98. The Morgan fingerprint density at radius 3 is 2.38 bits per heavy atom. The number of hydrogen-bond acceptors (Lipinski definition) is 2. The summed E-state index contributed by atoms with van der Waals surface area (Å²) in [7, 11) is 0. The van der Waals surface area contributed by atoms with Gasteiger partial charge in [0.15, 0.2) is 0 Å². The number of para-hydroxylation sites is 1.